The first kappa shape index (κ1) is 14.1. The highest BCUT2D eigenvalue weighted by Gasteiger charge is 2.23. The van der Waals surface area contributed by atoms with E-state index in [0.717, 1.165) is 17.6 Å². The van der Waals surface area contributed by atoms with Gasteiger partial charge in [0.1, 0.15) is 17.5 Å². The first-order valence-corrected chi connectivity index (χ1v) is 7.01. The van der Waals surface area contributed by atoms with Gasteiger partial charge in [0.05, 0.1) is 0 Å². The summed E-state index contributed by atoms with van der Waals surface area (Å²) in [7, 11) is 0. The lowest BCUT2D eigenvalue weighted by atomic mass is 9.96. The van der Waals surface area contributed by atoms with Crippen molar-refractivity contribution in [1.82, 2.24) is 9.97 Å². The van der Waals surface area contributed by atoms with Gasteiger partial charge in [-0.25, -0.2) is 15.8 Å². The summed E-state index contributed by atoms with van der Waals surface area (Å²) < 4.78 is 0. The van der Waals surface area contributed by atoms with Crippen molar-refractivity contribution in [3.05, 3.63) is 11.9 Å². The molecule has 1 heterocycles. The van der Waals surface area contributed by atoms with Gasteiger partial charge in [0, 0.05) is 17.5 Å². The van der Waals surface area contributed by atoms with Crippen molar-refractivity contribution in [1.29, 1.82) is 0 Å². The molecule has 4 N–H and O–H groups in total. The quantitative estimate of drug-likeness (QED) is 0.577. The third kappa shape index (κ3) is 3.56. The Labute approximate surface area is 115 Å². The number of nitrogens with two attached hydrogens (primary N) is 1. The molecule has 0 bridgehead atoms. The van der Waals surface area contributed by atoms with Crippen LogP contribution in [-0.2, 0) is 5.41 Å². The molecule has 1 aromatic rings. The van der Waals surface area contributed by atoms with Crippen LogP contribution in [0.1, 0.15) is 52.8 Å². The van der Waals surface area contributed by atoms with Crippen molar-refractivity contribution in [2.24, 2.45) is 11.8 Å². The molecular formula is C14H25N5. The van der Waals surface area contributed by atoms with Crippen molar-refractivity contribution < 1.29 is 0 Å². The highest BCUT2D eigenvalue weighted by molar-refractivity contribution is 5.48. The molecule has 1 saturated carbocycles. The average molecular weight is 263 g/mol. The Hall–Kier alpha value is -1.36. The molecule has 5 heteroatoms. The monoisotopic (exact) mass is 263 g/mol. The van der Waals surface area contributed by atoms with Gasteiger partial charge in [-0.1, -0.05) is 27.7 Å². The second kappa shape index (κ2) is 5.33. The summed E-state index contributed by atoms with van der Waals surface area (Å²) in [6, 6.07) is 2.39. The lowest BCUT2D eigenvalue weighted by Crippen LogP contribution is -2.22. The van der Waals surface area contributed by atoms with Crippen LogP contribution >= 0.6 is 0 Å². The van der Waals surface area contributed by atoms with Crippen molar-refractivity contribution in [3.8, 4) is 0 Å². The molecule has 1 aliphatic rings. The topological polar surface area (TPSA) is 75.9 Å². The normalized spacial score (nSPS) is 23.4. The Morgan fingerprint density at radius 1 is 1.21 bits per heavy atom. The molecule has 0 saturated heterocycles. The van der Waals surface area contributed by atoms with Gasteiger partial charge >= 0.3 is 0 Å². The molecule has 0 aliphatic heterocycles. The van der Waals surface area contributed by atoms with Crippen molar-refractivity contribution in [3.63, 3.8) is 0 Å². The van der Waals surface area contributed by atoms with Gasteiger partial charge in [-0.05, 0) is 25.2 Å². The van der Waals surface area contributed by atoms with Gasteiger partial charge in [-0.3, -0.25) is 0 Å². The number of anilines is 2. The molecule has 0 amide bonds. The van der Waals surface area contributed by atoms with E-state index in [2.05, 4.69) is 48.4 Å². The smallest absolute Gasteiger partial charge is 0.145 e. The summed E-state index contributed by atoms with van der Waals surface area (Å²) in [5, 5.41) is 3.51. The molecule has 2 rings (SSSR count). The molecule has 5 nitrogen and oxygen atoms in total. The SMILES string of the molecule is CC1CCC(Nc2cc(NN)nc(C(C)(C)C)n2)C1. The van der Waals surface area contributed by atoms with Gasteiger partial charge in [-0.2, -0.15) is 0 Å². The first-order chi connectivity index (χ1) is 8.88. The fraction of sp³-hybridized carbons (Fsp3) is 0.714. The number of hydrogen-bond donors (Lipinski definition) is 3. The zero-order valence-corrected chi connectivity index (χ0v) is 12.3. The summed E-state index contributed by atoms with van der Waals surface area (Å²) in [6.07, 6.45) is 3.71. The Morgan fingerprint density at radius 2 is 1.89 bits per heavy atom. The van der Waals surface area contributed by atoms with Gasteiger partial charge in [0.2, 0.25) is 0 Å². The largest absolute Gasteiger partial charge is 0.367 e. The van der Waals surface area contributed by atoms with Crippen LogP contribution in [0.25, 0.3) is 0 Å². The minimum Gasteiger partial charge on any atom is -0.367 e. The zero-order valence-electron chi connectivity index (χ0n) is 12.3. The number of hydrazine groups is 1. The number of nitrogens with one attached hydrogen (secondary N) is 2. The fourth-order valence-corrected chi connectivity index (χ4v) is 2.48. The molecule has 2 unspecified atom stereocenters. The second-order valence-electron chi connectivity index (χ2n) is 6.62. The molecular weight excluding hydrogens is 238 g/mol. The van der Waals surface area contributed by atoms with E-state index in [4.69, 9.17) is 5.84 Å². The van der Waals surface area contributed by atoms with E-state index in [1.807, 2.05) is 6.07 Å². The van der Waals surface area contributed by atoms with E-state index in [-0.39, 0.29) is 5.41 Å². The van der Waals surface area contributed by atoms with Crippen molar-refractivity contribution in [2.75, 3.05) is 10.7 Å². The number of hydrogen-bond acceptors (Lipinski definition) is 5. The second-order valence-corrected chi connectivity index (χ2v) is 6.62. The van der Waals surface area contributed by atoms with Crippen LogP contribution in [0.2, 0.25) is 0 Å². The van der Waals surface area contributed by atoms with Crippen LogP contribution in [0.5, 0.6) is 0 Å². The molecule has 1 fully saturated rings. The van der Waals surface area contributed by atoms with Crippen LogP contribution in [0, 0.1) is 5.92 Å². The van der Waals surface area contributed by atoms with Crippen LogP contribution in [0.15, 0.2) is 6.07 Å². The first-order valence-electron chi connectivity index (χ1n) is 7.01. The average Bonchev–Trinajstić information content (AvgIpc) is 2.73. The van der Waals surface area contributed by atoms with Crippen LogP contribution in [0.3, 0.4) is 0 Å². The molecule has 1 aromatic heterocycles. The standard InChI is InChI=1S/C14H25N5/c1-9-5-6-10(7-9)16-11-8-12(19-15)18-13(17-11)14(2,3)4/h8-10H,5-7,15H2,1-4H3,(H2,16,17,18,19). The molecule has 0 spiro atoms. The summed E-state index contributed by atoms with van der Waals surface area (Å²) in [6.45, 7) is 8.60. The van der Waals surface area contributed by atoms with Crippen molar-refractivity contribution in [2.45, 2.75) is 58.4 Å². The van der Waals surface area contributed by atoms with Crippen LogP contribution < -0.4 is 16.6 Å². The summed E-state index contributed by atoms with van der Waals surface area (Å²) in [5.41, 5.74) is 2.53. The molecule has 1 aliphatic carbocycles. The highest BCUT2D eigenvalue weighted by Crippen LogP contribution is 2.28. The van der Waals surface area contributed by atoms with E-state index < -0.39 is 0 Å². The van der Waals surface area contributed by atoms with E-state index in [0.29, 0.717) is 11.9 Å². The van der Waals surface area contributed by atoms with Crippen molar-refractivity contribution >= 4 is 11.6 Å². The minimum atomic E-state index is -0.0910. The van der Waals surface area contributed by atoms with Crippen LogP contribution in [0.4, 0.5) is 11.6 Å². The van der Waals surface area contributed by atoms with Gasteiger partial charge in [0.15, 0.2) is 0 Å². The zero-order chi connectivity index (χ0) is 14.0. The maximum absolute atomic E-state index is 5.49. The summed E-state index contributed by atoms with van der Waals surface area (Å²) in [4.78, 5) is 9.05. The van der Waals surface area contributed by atoms with Gasteiger partial charge < -0.3 is 10.7 Å². The third-order valence-corrected chi connectivity index (χ3v) is 3.59. The number of nitrogen functional groups attached to an aromatic ring is 1. The number of rotatable bonds is 3. The maximum atomic E-state index is 5.49. The Kier molecular flexibility index (Phi) is 3.94. The molecule has 19 heavy (non-hydrogen) atoms. The summed E-state index contributed by atoms with van der Waals surface area (Å²) >= 11 is 0. The number of nitrogens with zero attached hydrogens (tertiary/aromatic N) is 2. The van der Waals surface area contributed by atoms with Crippen LogP contribution in [-0.4, -0.2) is 16.0 Å². The number of aromatic nitrogens is 2. The Balaban J connectivity index is 2.20. The van der Waals surface area contributed by atoms with Gasteiger partial charge in [0.25, 0.3) is 0 Å². The fourth-order valence-electron chi connectivity index (χ4n) is 2.48. The lowest BCUT2D eigenvalue weighted by Gasteiger charge is -2.20. The van der Waals surface area contributed by atoms with E-state index >= 15 is 0 Å². The minimum absolute atomic E-state index is 0.0910. The molecule has 2 atom stereocenters. The predicted octanol–water partition coefficient (Wildman–Crippen LogP) is 2.66. The van der Waals surface area contributed by atoms with E-state index in [1.165, 1.54) is 19.3 Å². The molecule has 106 valence electrons. The molecule has 0 radical (unpaired) electrons. The lowest BCUT2D eigenvalue weighted by molar-refractivity contribution is 0.545. The Morgan fingerprint density at radius 3 is 2.42 bits per heavy atom. The Bertz CT molecular complexity index is 438. The van der Waals surface area contributed by atoms with E-state index in [1.54, 1.807) is 0 Å². The van der Waals surface area contributed by atoms with E-state index in [9.17, 15) is 0 Å². The molecule has 0 aromatic carbocycles. The maximum Gasteiger partial charge on any atom is 0.145 e. The third-order valence-electron chi connectivity index (χ3n) is 3.59. The highest BCUT2D eigenvalue weighted by atomic mass is 15.3. The van der Waals surface area contributed by atoms with Gasteiger partial charge in [-0.15, -0.1) is 0 Å². The summed E-state index contributed by atoms with van der Waals surface area (Å²) in [5.74, 6) is 8.62. The predicted molar refractivity (Wildman–Crippen MR) is 79.0 cm³/mol.